The SMILES string of the molecule is COC(=O)c1c(NC(=O)Cn2c(=O)c(C#N)cn(C)c2=O)sc2c1CCC2. The third-order valence-electron chi connectivity index (χ3n) is 4.32. The van der Waals surface area contributed by atoms with Gasteiger partial charge in [0.2, 0.25) is 5.91 Å². The number of hydrogen-bond donors (Lipinski definition) is 1. The van der Waals surface area contributed by atoms with Gasteiger partial charge in [0, 0.05) is 18.1 Å². The fourth-order valence-corrected chi connectivity index (χ4v) is 4.36. The number of amides is 1. The van der Waals surface area contributed by atoms with Crippen molar-refractivity contribution in [2.75, 3.05) is 12.4 Å². The normalized spacial score (nSPS) is 12.3. The lowest BCUT2D eigenvalue weighted by molar-refractivity contribution is -0.116. The first-order chi connectivity index (χ1) is 12.9. The van der Waals surface area contributed by atoms with E-state index < -0.39 is 29.7 Å². The predicted octanol–water partition coefficient (Wildman–Crippen LogP) is 0.394. The molecular weight excluding hydrogens is 372 g/mol. The van der Waals surface area contributed by atoms with E-state index in [-0.39, 0.29) is 5.56 Å². The van der Waals surface area contributed by atoms with Crippen molar-refractivity contribution in [2.24, 2.45) is 7.05 Å². The lowest BCUT2D eigenvalue weighted by Gasteiger charge is -2.09. The first kappa shape index (κ1) is 18.6. The van der Waals surface area contributed by atoms with Gasteiger partial charge in [0.15, 0.2) is 0 Å². The van der Waals surface area contributed by atoms with Gasteiger partial charge in [0.05, 0.1) is 12.7 Å². The summed E-state index contributed by atoms with van der Waals surface area (Å²) in [5, 5.41) is 11.9. The maximum atomic E-state index is 12.4. The molecule has 1 amide bonds. The third-order valence-corrected chi connectivity index (χ3v) is 5.52. The lowest BCUT2D eigenvalue weighted by atomic mass is 10.1. The number of aromatic nitrogens is 2. The predicted molar refractivity (Wildman–Crippen MR) is 97.0 cm³/mol. The molecule has 0 saturated carbocycles. The largest absolute Gasteiger partial charge is 0.465 e. The summed E-state index contributed by atoms with van der Waals surface area (Å²) >= 11 is 1.29. The zero-order valence-corrected chi connectivity index (χ0v) is 15.5. The van der Waals surface area contributed by atoms with Crippen LogP contribution in [0.1, 0.15) is 32.8 Å². The van der Waals surface area contributed by atoms with Crippen LogP contribution in [0.2, 0.25) is 0 Å². The van der Waals surface area contributed by atoms with Gasteiger partial charge < -0.3 is 14.6 Å². The lowest BCUT2D eigenvalue weighted by Crippen LogP contribution is -2.42. The summed E-state index contributed by atoms with van der Waals surface area (Å²) < 4.78 is 6.57. The van der Waals surface area contributed by atoms with Gasteiger partial charge in [-0.3, -0.25) is 9.59 Å². The van der Waals surface area contributed by atoms with E-state index in [1.54, 1.807) is 6.07 Å². The molecule has 0 fully saturated rings. The fourth-order valence-electron chi connectivity index (χ4n) is 3.06. The number of carbonyl (C=O) groups excluding carboxylic acids is 2. The number of methoxy groups -OCH3 is 1. The molecule has 0 unspecified atom stereocenters. The number of rotatable bonds is 4. The number of nitriles is 1. The quantitative estimate of drug-likeness (QED) is 0.756. The first-order valence-corrected chi connectivity index (χ1v) is 8.92. The Kier molecular flexibility index (Phi) is 4.96. The summed E-state index contributed by atoms with van der Waals surface area (Å²) in [6.45, 7) is -0.565. The molecule has 0 saturated heterocycles. The number of ether oxygens (including phenoxy) is 1. The standard InChI is InChI=1S/C17H16N4O5S/c1-20-7-9(6-18)15(23)21(17(20)25)8-12(22)19-14-13(16(24)26-2)10-4-3-5-11(10)27-14/h7H,3-5,8H2,1-2H3,(H,19,22). The molecule has 140 valence electrons. The molecule has 0 aliphatic heterocycles. The minimum atomic E-state index is -0.836. The van der Waals surface area contributed by atoms with Crippen LogP contribution in [0, 0.1) is 11.3 Å². The zero-order chi connectivity index (χ0) is 19.7. The number of carbonyl (C=O) groups is 2. The van der Waals surface area contributed by atoms with Crippen LogP contribution >= 0.6 is 11.3 Å². The van der Waals surface area contributed by atoms with Crippen molar-refractivity contribution in [3.05, 3.63) is 48.6 Å². The highest BCUT2D eigenvalue weighted by atomic mass is 32.1. The topological polar surface area (TPSA) is 123 Å². The average molecular weight is 388 g/mol. The molecule has 27 heavy (non-hydrogen) atoms. The Morgan fingerprint density at radius 1 is 1.37 bits per heavy atom. The van der Waals surface area contributed by atoms with E-state index in [4.69, 9.17) is 10.00 Å². The highest BCUT2D eigenvalue weighted by Crippen LogP contribution is 2.39. The Hall–Kier alpha value is -3.19. The Balaban J connectivity index is 1.92. The van der Waals surface area contributed by atoms with Crippen LogP contribution in [0.15, 0.2) is 15.8 Å². The van der Waals surface area contributed by atoms with Gasteiger partial charge in [-0.25, -0.2) is 14.2 Å². The Morgan fingerprint density at radius 2 is 2.11 bits per heavy atom. The molecule has 2 aromatic rings. The summed E-state index contributed by atoms with van der Waals surface area (Å²) in [5.41, 5.74) is -0.583. The number of esters is 1. The van der Waals surface area contributed by atoms with Crippen molar-refractivity contribution in [3.63, 3.8) is 0 Å². The number of thiophene rings is 1. The maximum Gasteiger partial charge on any atom is 0.341 e. The Labute approximate surface area is 157 Å². The number of nitrogens with zero attached hydrogens (tertiary/aromatic N) is 3. The van der Waals surface area contributed by atoms with Gasteiger partial charge in [-0.15, -0.1) is 11.3 Å². The van der Waals surface area contributed by atoms with Crippen LogP contribution in [0.25, 0.3) is 0 Å². The highest BCUT2D eigenvalue weighted by molar-refractivity contribution is 7.17. The molecule has 9 nitrogen and oxygen atoms in total. The van der Waals surface area contributed by atoms with E-state index in [0.717, 1.165) is 40.5 Å². The van der Waals surface area contributed by atoms with Crippen molar-refractivity contribution in [2.45, 2.75) is 25.8 Å². The summed E-state index contributed by atoms with van der Waals surface area (Å²) in [5.74, 6) is -1.18. The summed E-state index contributed by atoms with van der Waals surface area (Å²) in [7, 11) is 2.65. The number of hydrogen-bond acceptors (Lipinski definition) is 7. The molecule has 0 bridgehead atoms. The molecule has 10 heteroatoms. The average Bonchev–Trinajstić information content (AvgIpc) is 3.21. The smallest absolute Gasteiger partial charge is 0.341 e. The van der Waals surface area contributed by atoms with Crippen LogP contribution in [0.5, 0.6) is 0 Å². The number of fused-ring (bicyclic) bond motifs is 1. The van der Waals surface area contributed by atoms with Crippen molar-refractivity contribution < 1.29 is 14.3 Å². The molecular formula is C17H16N4O5S. The molecule has 1 N–H and O–H groups in total. The van der Waals surface area contributed by atoms with Gasteiger partial charge in [-0.05, 0) is 24.8 Å². The number of nitrogens with one attached hydrogen (secondary N) is 1. The molecule has 0 radical (unpaired) electrons. The summed E-state index contributed by atoms with van der Waals surface area (Å²) in [6.07, 6.45) is 3.62. The van der Waals surface area contributed by atoms with E-state index in [1.165, 1.54) is 25.5 Å². The second kappa shape index (κ2) is 7.20. The minimum Gasteiger partial charge on any atom is -0.465 e. The van der Waals surface area contributed by atoms with Crippen LogP contribution < -0.4 is 16.6 Å². The van der Waals surface area contributed by atoms with E-state index in [1.807, 2.05) is 0 Å². The van der Waals surface area contributed by atoms with Crippen LogP contribution in [0.3, 0.4) is 0 Å². The van der Waals surface area contributed by atoms with Gasteiger partial charge in [-0.2, -0.15) is 5.26 Å². The second-order valence-electron chi connectivity index (χ2n) is 6.04. The van der Waals surface area contributed by atoms with E-state index in [2.05, 4.69) is 5.32 Å². The minimum absolute atomic E-state index is 0.241. The fraction of sp³-hybridized carbons (Fsp3) is 0.353. The third kappa shape index (κ3) is 3.29. The molecule has 2 aromatic heterocycles. The van der Waals surface area contributed by atoms with Crippen LogP contribution in [-0.4, -0.2) is 28.1 Å². The first-order valence-electron chi connectivity index (χ1n) is 8.10. The van der Waals surface area contributed by atoms with Gasteiger partial charge in [0.1, 0.15) is 23.2 Å². The van der Waals surface area contributed by atoms with Crippen molar-refractivity contribution in [1.29, 1.82) is 5.26 Å². The second-order valence-corrected chi connectivity index (χ2v) is 7.15. The van der Waals surface area contributed by atoms with Crippen LogP contribution in [-0.2, 0) is 36.0 Å². The molecule has 0 spiro atoms. The number of anilines is 1. The van der Waals surface area contributed by atoms with E-state index in [0.29, 0.717) is 15.1 Å². The molecule has 1 aliphatic carbocycles. The molecule has 0 aromatic carbocycles. The van der Waals surface area contributed by atoms with Crippen LogP contribution in [0.4, 0.5) is 5.00 Å². The highest BCUT2D eigenvalue weighted by Gasteiger charge is 2.28. The molecule has 0 atom stereocenters. The van der Waals surface area contributed by atoms with Crippen molar-refractivity contribution in [1.82, 2.24) is 9.13 Å². The van der Waals surface area contributed by atoms with Crippen molar-refractivity contribution >= 4 is 28.2 Å². The monoisotopic (exact) mass is 388 g/mol. The molecule has 1 aliphatic rings. The summed E-state index contributed by atoms with van der Waals surface area (Å²) in [4.78, 5) is 49.9. The summed E-state index contributed by atoms with van der Waals surface area (Å²) in [6, 6.07) is 1.70. The molecule has 3 rings (SSSR count). The Bertz CT molecular complexity index is 1100. The maximum absolute atomic E-state index is 12.4. The van der Waals surface area contributed by atoms with Gasteiger partial charge in [-0.1, -0.05) is 0 Å². The van der Waals surface area contributed by atoms with Crippen molar-refractivity contribution in [3.8, 4) is 6.07 Å². The van der Waals surface area contributed by atoms with E-state index in [9.17, 15) is 19.2 Å². The number of aryl methyl sites for hydroxylation is 2. The van der Waals surface area contributed by atoms with Gasteiger partial charge in [0.25, 0.3) is 5.56 Å². The van der Waals surface area contributed by atoms with Gasteiger partial charge >= 0.3 is 11.7 Å². The Morgan fingerprint density at radius 3 is 2.78 bits per heavy atom. The molecule has 2 heterocycles. The van der Waals surface area contributed by atoms with E-state index >= 15 is 0 Å². The zero-order valence-electron chi connectivity index (χ0n) is 14.7.